The zero-order valence-electron chi connectivity index (χ0n) is 12.3. The predicted molar refractivity (Wildman–Crippen MR) is 78.8 cm³/mol. The number of methoxy groups -OCH3 is 1. The minimum Gasteiger partial charge on any atom is -0.465 e. The minimum absolute atomic E-state index is 0.175. The topological polar surface area (TPSA) is 79.0 Å². The number of carbonyl (C=O) groups is 3. The highest BCUT2D eigenvalue weighted by Gasteiger charge is 2.35. The van der Waals surface area contributed by atoms with E-state index in [1.54, 1.807) is 23.1 Å². The fourth-order valence-electron chi connectivity index (χ4n) is 2.75. The van der Waals surface area contributed by atoms with Gasteiger partial charge in [-0.3, -0.25) is 4.79 Å². The summed E-state index contributed by atoms with van der Waals surface area (Å²) in [5.41, 5.74) is 1.56. The van der Waals surface area contributed by atoms with Crippen LogP contribution in [0.5, 0.6) is 0 Å². The molecule has 2 aliphatic rings. The second-order valence-electron chi connectivity index (χ2n) is 5.26. The van der Waals surface area contributed by atoms with Crippen LogP contribution in [0, 0.1) is 0 Å². The van der Waals surface area contributed by atoms with Gasteiger partial charge in [-0.25, -0.2) is 14.5 Å². The van der Waals surface area contributed by atoms with Crippen LogP contribution in [0.2, 0.25) is 0 Å². The zero-order chi connectivity index (χ0) is 15.7. The first-order valence-corrected chi connectivity index (χ1v) is 7.15. The Morgan fingerprint density at radius 1 is 1.23 bits per heavy atom. The number of esters is 1. The predicted octanol–water partition coefficient (Wildman–Crippen LogP) is 0.387. The molecule has 22 heavy (non-hydrogen) atoms. The van der Waals surface area contributed by atoms with Gasteiger partial charge in [0, 0.05) is 26.2 Å². The summed E-state index contributed by atoms with van der Waals surface area (Å²) in [6.07, 6.45) is 0.175. The first-order valence-electron chi connectivity index (χ1n) is 7.15. The van der Waals surface area contributed by atoms with E-state index >= 15 is 0 Å². The van der Waals surface area contributed by atoms with Crippen molar-refractivity contribution in [1.82, 2.24) is 10.2 Å². The van der Waals surface area contributed by atoms with Crippen LogP contribution in [0.4, 0.5) is 10.5 Å². The van der Waals surface area contributed by atoms with E-state index in [9.17, 15) is 14.4 Å². The largest absolute Gasteiger partial charge is 0.465 e. The molecule has 1 fully saturated rings. The molecule has 1 aromatic carbocycles. The minimum atomic E-state index is -0.489. The summed E-state index contributed by atoms with van der Waals surface area (Å²) in [7, 11) is 1.30. The molecule has 0 spiro atoms. The molecule has 1 aromatic rings. The van der Waals surface area contributed by atoms with Crippen molar-refractivity contribution in [3.63, 3.8) is 0 Å². The Bertz CT molecular complexity index is 638. The van der Waals surface area contributed by atoms with Crippen LogP contribution >= 0.6 is 0 Å². The Labute approximate surface area is 127 Å². The van der Waals surface area contributed by atoms with Crippen LogP contribution in [-0.4, -0.2) is 56.1 Å². The molecule has 0 aliphatic carbocycles. The molecule has 1 N–H and O–H groups in total. The first-order chi connectivity index (χ1) is 10.6. The molecule has 3 rings (SSSR count). The molecule has 0 radical (unpaired) electrons. The maximum absolute atomic E-state index is 12.6. The normalized spacial score (nSPS) is 17.4. The van der Waals surface area contributed by atoms with Gasteiger partial charge in [0.05, 0.1) is 24.8 Å². The van der Waals surface area contributed by atoms with Crippen molar-refractivity contribution in [1.29, 1.82) is 0 Å². The highest BCUT2D eigenvalue weighted by molar-refractivity contribution is 6.19. The number of anilines is 1. The number of piperazine rings is 1. The quantitative estimate of drug-likeness (QED) is 0.759. The SMILES string of the molecule is COC(=O)c1ccc2c(c1)N(C(=O)N1CCNCC1)C(=O)C2. The Hall–Kier alpha value is -2.41. The number of fused-ring (bicyclic) bond motifs is 1. The van der Waals surface area contributed by atoms with E-state index in [-0.39, 0.29) is 18.4 Å². The molecule has 0 atom stereocenters. The number of rotatable bonds is 1. The summed E-state index contributed by atoms with van der Waals surface area (Å²) >= 11 is 0. The van der Waals surface area contributed by atoms with Crippen LogP contribution in [0.15, 0.2) is 18.2 Å². The van der Waals surface area contributed by atoms with Gasteiger partial charge in [-0.2, -0.15) is 0 Å². The lowest BCUT2D eigenvalue weighted by Crippen LogP contribution is -2.52. The molecule has 0 bridgehead atoms. The van der Waals surface area contributed by atoms with E-state index in [4.69, 9.17) is 0 Å². The average molecular weight is 303 g/mol. The lowest BCUT2D eigenvalue weighted by Gasteiger charge is -2.30. The average Bonchev–Trinajstić information content (AvgIpc) is 2.89. The van der Waals surface area contributed by atoms with Crippen LogP contribution in [-0.2, 0) is 16.0 Å². The molecular weight excluding hydrogens is 286 g/mol. The number of hydrogen-bond acceptors (Lipinski definition) is 5. The zero-order valence-corrected chi connectivity index (χ0v) is 12.3. The van der Waals surface area contributed by atoms with Crippen LogP contribution in [0.25, 0.3) is 0 Å². The number of hydrogen-bond donors (Lipinski definition) is 1. The number of ether oxygens (including phenoxy) is 1. The van der Waals surface area contributed by atoms with Crippen molar-refractivity contribution in [2.75, 3.05) is 38.2 Å². The maximum Gasteiger partial charge on any atom is 0.337 e. The molecule has 3 amide bonds. The summed E-state index contributed by atoms with van der Waals surface area (Å²) in [5, 5.41) is 3.16. The van der Waals surface area contributed by atoms with Crippen molar-refractivity contribution >= 4 is 23.6 Å². The van der Waals surface area contributed by atoms with Crippen molar-refractivity contribution < 1.29 is 19.1 Å². The molecule has 2 heterocycles. The summed E-state index contributed by atoms with van der Waals surface area (Å²) in [4.78, 5) is 39.3. The molecular formula is C15H17N3O4. The molecule has 2 aliphatic heterocycles. The highest BCUT2D eigenvalue weighted by atomic mass is 16.5. The summed E-state index contributed by atoms with van der Waals surface area (Å²) in [5.74, 6) is -0.753. The number of nitrogens with one attached hydrogen (secondary N) is 1. The summed E-state index contributed by atoms with van der Waals surface area (Å²) in [6, 6.07) is 4.53. The van der Waals surface area contributed by atoms with Gasteiger partial charge in [0.25, 0.3) is 0 Å². The van der Waals surface area contributed by atoms with E-state index < -0.39 is 5.97 Å². The van der Waals surface area contributed by atoms with Crippen molar-refractivity contribution in [3.05, 3.63) is 29.3 Å². The lowest BCUT2D eigenvalue weighted by molar-refractivity contribution is -0.116. The monoisotopic (exact) mass is 303 g/mol. The Balaban J connectivity index is 1.92. The number of urea groups is 1. The number of amides is 3. The highest BCUT2D eigenvalue weighted by Crippen LogP contribution is 2.31. The number of benzene rings is 1. The maximum atomic E-state index is 12.6. The third-order valence-electron chi connectivity index (χ3n) is 3.92. The van der Waals surface area contributed by atoms with E-state index in [0.29, 0.717) is 37.4 Å². The number of imide groups is 1. The fourth-order valence-corrected chi connectivity index (χ4v) is 2.75. The third kappa shape index (κ3) is 2.43. The van der Waals surface area contributed by atoms with Gasteiger partial charge in [-0.05, 0) is 17.7 Å². The second kappa shape index (κ2) is 5.76. The molecule has 0 unspecified atom stereocenters. The smallest absolute Gasteiger partial charge is 0.337 e. The van der Waals surface area contributed by atoms with Gasteiger partial charge in [0.15, 0.2) is 0 Å². The third-order valence-corrected chi connectivity index (χ3v) is 3.92. The van der Waals surface area contributed by atoms with Gasteiger partial charge in [-0.1, -0.05) is 6.07 Å². The van der Waals surface area contributed by atoms with E-state index in [2.05, 4.69) is 10.1 Å². The standard InChI is InChI=1S/C15H17N3O4/c1-22-14(20)11-3-2-10-9-13(19)18(12(10)8-11)15(21)17-6-4-16-5-7-17/h2-3,8,16H,4-7,9H2,1H3. The fraction of sp³-hybridized carbons (Fsp3) is 0.400. The van der Waals surface area contributed by atoms with E-state index in [1.807, 2.05) is 0 Å². The molecule has 1 saturated heterocycles. The molecule has 0 saturated carbocycles. The van der Waals surface area contributed by atoms with Gasteiger partial charge >= 0.3 is 12.0 Å². The second-order valence-corrected chi connectivity index (χ2v) is 5.26. The van der Waals surface area contributed by atoms with Crippen LogP contribution < -0.4 is 10.2 Å². The van der Waals surface area contributed by atoms with Gasteiger partial charge in [0.1, 0.15) is 0 Å². The molecule has 7 nitrogen and oxygen atoms in total. The Kier molecular flexibility index (Phi) is 3.81. The van der Waals surface area contributed by atoms with E-state index in [0.717, 1.165) is 5.56 Å². The van der Waals surface area contributed by atoms with Crippen molar-refractivity contribution in [2.24, 2.45) is 0 Å². The number of carbonyl (C=O) groups excluding carboxylic acids is 3. The summed E-state index contributed by atoms with van der Waals surface area (Å²) < 4.78 is 4.69. The summed E-state index contributed by atoms with van der Waals surface area (Å²) in [6.45, 7) is 2.55. The number of nitrogens with zero attached hydrogens (tertiary/aromatic N) is 2. The lowest BCUT2D eigenvalue weighted by atomic mass is 10.1. The van der Waals surface area contributed by atoms with Crippen LogP contribution in [0.1, 0.15) is 15.9 Å². The van der Waals surface area contributed by atoms with Crippen molar-refractivity contribution in [3.8, 4) is 0 Å². The van der Waals surface area contributed by atoms with Crippen LogP contribution in [0.3, 0.4) is 0 Å². The molecule has 7 heteroatoms. The first kappa shape index (κ1) is 14.5. The van der Waals surface area contributed by atoms with Gasteiger partial charge in [-0.15, -0.1) is 0 Å². The molecule has 0 aromatic heterocycles. The van der Waals surface area contributed by atoms with Gasteiger partial charge in [0.2, 0.25) is 5.91 Å². The Morgan fingerprint density at radius 3 is 2.64 bits per heavy atom. The Morgan fingerprint density at radius 2 is 1.95 bits per heavy atom. The van der Waals surface area contributed by atoms with Gasteiger partial charge < -0.3 is 15.0 Å². The van der Waals surface area contributed by atoms with E-state index in [1.165, 1.54) is 12.0 Å². The molecule has 116 valence electrons. The van der Waals surface area contributed by atoms with Crippen molar-refractivity contribution in [2.45, 2.75) is 6.42 Å².